The summed E-state index contributed by atoms with van der Waals surface area (Å²) in [5, 5.41) is 3.38. The Bertz CT molecular complexity index is 344. The van der Waals surface area contributed by atoms with Gasteiger partial charge >= 0.3 is 0 Å². The second-order valence-corrected chi connectivity index (χ2v) is 5.59. The highest BCUT2D eigenvalue weighted by atomic mass is 32.1. The molecule has 1 aromatic rings. The summed E-state index contributed by atoms with van der Waals surface area (Å²) in [6, 6.07) is 2.25. The van der Waals surface area contributed by atoms with Gasteiger partial charge < -0.3 is 10.1 Å². The molecule has 0 amide bonds. The topological polar surface area (TPSA) is 21.3 Å². The standard InChI is InChI=1S/C13H21NOS/c1-10(2)9-15-6-5-14-8-13-7-11(3)16-12(13)4/h7,14H,1,5-6,8-9H2,2-4H3. The summed E-state index contributed by atoms with van der Waals surface area (Å²) in [4.78, 5) is 2.79. The monoisotopic (exact) mass is 239 g/mol. The van der Waals surface area contributed by atoms with Crippen LogP contribution in [0.1, 0.15) is 22.2 Å². The van der Waals surface area contributed by atoms with Crippen LogP contribution < -0.4 is 5.32 Å². The summed E-state index contributed by atoms with van der Waals surface area (Å²) in [5.74, 6) is 0. The molecular weight excluding hydrogens is 218 g/mol. The second kappa shape index (κ2) is 6.84. The fourth-order valence-corrected chi connectivity index (χ4v) is 2.42. The molecule has 0 bridgehead atoms. The predicted octanol–water partition coefficient (Wildman–Crippen LogP) is 3.05. The fraction of sp³-hybridized carbons (Fsp3) is 0.538. The van der Waals surface area contributed by atoms with Crippen LogP contribution in [0, 0.1) is 13.8 Å². The zero-order valence-electron chi connectivity index (χ0n) is 10.4. The molecule has 1 N–H and O–H groups in total. The average Bonchev–Trinajstić information content (AvgIpc) is 2.50. The first-order valence-electron chi connectivity index (χ1n) is 5.58. The molecule has 0 aliphatic carbocycles. The van der Waals surface area contributed by atoms with Gasteiger partial charge in [-0.15, -0.1) is 11.3 Å². The first-order chi connectivity index (χ1) is 7.59. The van der Waals surface area contributed by atoms with Gasteiger partial charge in [0.2, 0.25) is 0 Å². The van der Waals surface area contributed by atoms with E-state index in [4.69, 9.17) is 4.74 Å². The molecule has 0 unspecified atom stereocenters. The summed E-state index contributed by atoms with van der Waals surface area (Å²) in [6.07, 6.45) is 0. The minimum absolute atomic E-state index is 0.665. The van der Waals surface area contributed by atoms with Crippen LogP contribution in [0.2, 0.25) is 0 Å². The molecule has 0 aromatic carbocycles. The largest absolute Gasteiger partial charge is 0.376 e. The van der Waals surface area contributed by atoms with Crippen LogP contribution in [0.25, 0.3) is 0 Å². The van der Waals surface area contributed by atoms with Gasteiger partial charge in [0.25, 0.3) is 0 Å². The van der Waals surface area contributed by atoms with E-state index in [2.05, 4.69) is 31.8 Å². The Morgan fingerprint density at radius 2 is 2.25 bits per heavy atom. The van der Waals surface area contributed by atoms with E-state index in [1.807, 2.05) is 18.3 Å². The highest BCUT2D eigenvalue weighted by Gasteiger charge is 2.01. The van der Waals surface area contributed by atoms with Crippen LogP contribution in [0.5, 0.6) is 0 Å². The zero-order chi connectivity index (χ0) is 12.0. The normalized spacial score (nSPS) is 10.7. The molecular formula is C13H21NOS. The maximum absolute atomic E-state index is 5.41. The van der Waals surface area contributed by atoms with Crippen LogP contribution >= 0.6 is 11.3 Å². The highest BCUT2D eigenvalue weighted by molar-refractivity contribution is 7.12. The lowest BCUT2D eigenvalue weighted by atomic mass is 10.2. The zero-order valence-corrected chi connectivity index (χ0v) is 11.2. The van der Waals surface area contributed by atoms with Crippen LogP contribution in [-0.2, 0) is 11.3 Å². The van der Waals surface area contributed by atoms with Gasteiger partial charge in [0.05, 0.1) is 13.2 Å². The Morgan fingerprint density at radius 3 is 2.81 bits per heavy atom. The molecule has 0 aliphatic heterocycles. The average molecular weight is 239 g/mol. The van der Waals surface area contributed by atoms with E-state index in [9.17, 15) is 0 Å². The van der Waals surface area contributed by atoms with Crippen molar-refractivity contribution < 1.29 is 4.74 Å². The molecule has 0 saturated carbocycles. The third-order valence-electron chi connectivity index (χ3n) is 2.23. The fourth-order valence-electron chi connectivity index (χ4n) is 1.47. The molecule has 0 aliphatic rings. The molecule has 3 heteroatoms. The molecule has 0 fully saturated rings. The van der Waals surface area contributed by atoms with Crippen LogP contribution in [0.15, 0.2) is 18.2 Å². The lowest BCUT2D eigenvalue weighted by Crippen LogP contribution is -2.19. The summed E-state index contributed by atoms with van der Waals surface area (Å²) in [7, 11) is 0. The number of hydrogen-bond acceptors (Lipinski definition) is 3. The van der Waals surface area contributed by atoms with E-state index in [1.54, 1.807) is 0 Å². The van der Waals surface area contributed by atoms with Gasteiger partial charge in [-0.25, -0.2) is 0 Å². The molecule has 1 aromatic heterocycles. The van der Waals surface area contributed by atoms with Gasteiger partial charge in [-0.2, -0.15) is 0 Å². The molecule has 0 atom stereocenters. The van der Waals surface area contributed by atoms with E-state index in [0.717, 1.165) is 25.3 Å². The van der Waals surface area contributed by atoms with Gasteiger partial charge in [-0.1, -0.05) is 12.2 Å². The van der Waals surface area contributed by atoms with Gasteiger partial charge in [0.15, 0.2) is 0 Å². The SMILES string of the molecule is C=C(C)COCCNCc1cc(C)sc1C. The molecule has 0 radical (unpaired) electrons. The van der Waals surface area contributed by atoms with Crippen molar-refractivity contribution in [3.05, 3.63) is 33.5 Å². The summed E-state index contributed by atoms with van der Waals surface area (Å²) in [6.45, 7) is 13.3. The van der Waals surface area contributed by atoms with E-state index in [0.29, 0.717) is 6.61 Å². The highest BCUT2D eigenvalue weighted by Crippen LogP contribution is 2.19. The summed E-state index contributed by atoms with van der Waals surface area (Å²) >= 11 is 1.86. The molecule has 2 nitrogen and oxygen atoms in total. The number of ether oxygens (including phenoxy) is 1. The molecule has 0 saturated heterocycles. The van der Waals surface area contributed by atoms with Crippen molar-refractivity contribution in [1.29, 1.82) is 0 Å². The maximum Gasteiger partial charge on any atom is 0.0672 e. The van der Waals surface area contributed by atoms with Crippen molar-refractivity contribution in [2.75, 3.05) is 19.8 Å². The third-order valence-corrected chi connectivity index (χ3v) is 3.24. The lowest BCUT2D eigenvalue weighted by Gasteiger charge is -2.05. The smallest absolute Gasteiger partial charge is 0.0672 e. The van der Waals surface area contributed by atoms with Crippen molar-refractivity contribution in [2.45, 2.75) is 27.3 Å². The number of thiophene rings is 1. The minimum Gasteiger partial charge on any atom is -0.376 e. The van der Waals surface area contributed by atoms with E-state index in [-0.39, 0.29) is 0 Å². The van der Waals surface area contributed by atoms with Gasteiger partial charge in [0, 0.05) is 22.8 Å². The van der Waals surface area contributed by atoms with E-state index < -0.39 is 0 Å². The van der Waals surface area contributed by atoms with Crippen LogP contribution in [0.4, 0.5) is 0 Å². The molecule has 0 spiro atoms. The van der Waals surface area contributed by atoms with Crippen molar-refractivity contribution in [1.82, 2.24) is 5.32 Å². The van der Waals surface area contributed by atoms with E-state index in [1.165, 1.54) is 15.3 Å². The van der Waals surface area contributed by atoms with Gasteiger partial charge in [-0.05, 0) is 32.4 Å². The van der Waals surface area contributed by atoms with Gasteiger partial charge in [0.1, 0.15) is 0 Å². The van der Waals surface area contributed by atoms with Crippen molar-refractivity contribution >= 4 is 11.3 Å². The van der Waals surface area contributed by atoms with Crippen molar-refractivity contribution in [3.63, 3.8) is 0 Å². The quantitative estimate of drug-likeness (QED) is 0.583. The first-order valence-corrected chi connectivity index (χ1v) is 6.40. The Hall–Kier alpha value is -0.640. The Kier molecular flexibility index (Phi) is 5.74. The van der Waals surface area contributed by atoms with Crippen molar-refractivity contribution in [2.24, 2.45) is 0 Å². The molecule has 16 heavy (non-hydrogen) atoms. The van der Waals surface area contributed by atoms with Crippen LogP contribution in [0.3, 0.4) is 0 Å². The molecule has 90 valence electrons. The Labute approximate surface area is 102 Å². The third kappa shape index (κ3) is 4.92. The number of aryl methyl sites for hydroxylation is 2. The Morgan fingerprint density at radius 1 is 1.50 bits per heavy atom. The molecule has 1 rings (SSSR count). The van der Waals surface area contributed by atoms with Crippen LogP contribution in [-0.4, -0.2) is 19.8 Å². The first kappa shape index (κ1) is 13.4. The maximum atomic E-state index is 5.41. The van der Waals surface area contributed by atoms with Crippen molar-refractivity contribution in [3.8, 4) is 0 Å². The summed E-state index contributed by atoms with van der Waals surface area (Å²) < 4.78 is 5.41. The number of hydrogen-bond donors (Lipinski definition) is 1. The Balaban J connectivity index is 2.11. The van der Waals surface area contributed by atoms with E-state index >= 15 is 0 Å². The number of nitrogens with one attached hydrogen (secondary N) is 1. The molecule has 1 heterocycles. The second-order valence-electron chi connectivity index (χ2n) is 4.12. The predicted molar refractivity (Wildman–Crippen MR) is 71.1 cm³/mol. The minimum atomic E-state index is 0.665. The number of rotatable bonds is 7. The lowest BCUT2D eigenvalue weighted by molar-refractivity contribution is 0.158. The van der Waals surface area contributed by atoms with Gasteiger partial charge in [-0.3, -0.25) is 0 Å². The summed E-state index contributed by atoms with van der Waals surface area (Å²) in [5.41, 5.74) is 2.48.